The summed E-state index contributed by atoms with van der Waals surface area (Å²) in [5, 5.41) is 3.72. The van der Waals surface area contributed by atoms with Crippen molar-refractivity contribution in [3.05, 3.63) is 40.8 Å². The highest BCUT2D eigenvalue weighted by molar-refractivity contribution is 7.14. The van der Waals surface area contributed by atoms with Crippen molar-refractivity contribution < 1.29 is 4.79 Å². The summed E-state index contributed by atoms with van der Waals surface area (Å²) in [6.07, 6.45) is 4.02. The number of hydrogen-bond acceptors (Lipinski definition) is 4. The first-order valence-electron chi connectivity index (χ1n) is 5.92. The monoisotopic (exact) mass is 259 g/mol. The summed E-state index contributed by atoms with van der Waals surface area (Å²) < 4.78 is 0. The van der Waals surface area contributed by atoms with Gasteiger partial charge in [0.25, 0.3) is 5.91 Å². The number of carbonyl (C=O) groups excluding carboxylic acids is 1. The van der Waals surface area contributed by atoms with Crippen molar-refractivity contribution in [3.63, 3.8) is 0 Å². The summed E-state index contributed by atoms with van der Waals surface area (Å²) in [6.45, 7) is 1.89. The number of thiazole rings is 1. The van der Waals surface area contributed by atoms with Gasteiger partial charge in [-0.15, -0.1) is 11.3 Å². The van der Waals surface area contributed by atoms with Crippen molar-refractivity contribution in [2.75, 3.05) is 5.32 Å². The number of rotatable bonds is 3. The Labute approximate surface area is 109 Å². The van der Waals surface area contributed by atoms with Crippen LogP contribution in [0.4, 0.5) is 5.00 Å². The molecule has 1 aliphatic rings. The predicted molar refractivity (Wildman–Crippen MR) is 71.0 cm³/mol. The van der Waals surface area contributed by atoms with Crippen molar-refractivity contribution in [2.24, 2.45) is 0 Å². The fraction of sp³-hybridized carbons (Fsp3) is 0.308. The number of amides is 1. The van der Waals surface area contributed by atoms with E-state index in [1.165, 1.54) is 11.3 Å². The summed E-state index contributed by atoms with van der Waals surface area (Å²) in [6, 6.07) is 3.65. The van der Waals surface area contributed by atoms with E-state index in [-0.39, 0.29) is 5.91 Å². The van der Waals surface area contributed by atoms with Crippen LogP contribution in [0.25, 0.3) is 0 Å². The molecule has 0 saturated heterocycles. The summed E-state index contributed by atoms with van der Waals surface area (Å²) in [7, 11) is 0. The molecule has 0 atom stereocenters. The van der Waals surface area contributed by atoms with Gasteiger partial charge in [0.15, 0.2) is 0 Å². The molecule has 1 N–H and O–H groups in total. The molecule has 0 bridgehead atoms. The second kappa shape index (κ2) is 4.49. The maximum Gasteiger partial charge on any atom is 0.258 e. The molecule has 2 heterocycles. The highest BCUT2D eigenvalue weighted by Crippen LogP contribution is 2.40. The van der Waals surface area contributed by atoms with Gasteiger partial charge in [0, 0.05) is 12.1 Å². The molecule has 1 aliphatic carbocycles. The standard InChI is InChI=1S/C13H13N3OS/c1-8-13(18-7-15-8)16-12(17)10-3-2-6-14-11(10)9-4-5-9/h2-3,6-7,9H,4-5H2,1H3,(H,16,17). The van der Waals surface area contributed by atoms with Gasteiger partial charge in [0.05, 0.1) is 22.5 Å². The lowest BCUT2D eigenvalue weighted by atomic mass is 10.1. The van der Waals surface area contributed by atoms with Crippen LogP contribution in [0.2, 0.25) is 0 Å². The van der Waals surface area contributed by atoms with E-state index in [1.54, 1.807) is 17.8 Å². The zero-order valence-electron chi connectivity index (χ0n) is 10.0. The first kappa shape index (κ1) is 11.3. The van der Waals surface area contributed by atoms with Crippen molar-refractivity contribution in [3.8, 4) is 0 Å². The van der Waals surface area contributed by atoms with Crippen LogP contribution in [-0.4, -0.2) is 15.9 Å². The van der Waals surface area contributed by atoms with E-state index >= 15 is 0 Å². The van der Waals surface area contributed by atoms with E-state index in [4.69, 9.17) is 0 Å². The Morgan fingerprint density at radius 2 is 2.28 bits per heavy atom. The summed E-state index contributed by atoms with van der Waals surface area (Å²) in [5.74, 6) is 0.381. The highest BCUT2D eigenvalue weighted by atomic mass is 32.1. The molecule has 18 heavy (non-hydrogen) atoms. The molecular weight excluding hydrogens is 246 g/mol. The van der Waals surface area contributed by atoms with Gasteiger partial charge in [-0.3, -0.25) is 9.78 Å². The van der Waals surface area contributed by atoms with Gasteiger partial charge in [-0.25, -0.2) is 4.98 Å². The summed E-state index contributed by atoms with van der Waals surface area (Å²) >= 11 is 1.44. The van der Waals surface area contributed by atoms with Crippen LogP contribution in [0.1, 0.15) is 40.5 Å². The second-order valence-corrected chi connectivity index (χ2v) is 5.29. The molecule has 1 amide bonds. The number of aryl methyl sites for hydroxylation is 1. The van der Waals surface area contributed by atoms with E-state index in [2.05, 4.69) is 15.3 Å². The zero-order chi connectivity index (χ0) is 12.5. The predicted octanol–water partition coefficient (Wildman–Crippen LogP) is 2.98. The zero-order valence-corrected chi connectivity index (χ0v) is 10.8. The average molecular weight is 259 g/mol. The minimum Gasteiger partial charge on any atom is -0.312 e. The fourth-order valence-electron chi connectivity index (χ4n) is 1.88. The average Bonchev–Trinajstić information content (AvgIpc) is 3.15. The smallest absolute Gasteiger partial charge is 0.258 e. The van der Waals surface area contributed by atoms with Gasteiger partial charge >= 0.3 is 0 Å². The third-order valence-electron chi connectivity index (χ3n) is 3.02. The lowest BCUT2D eigenvalue weighted by Gasteiger charge is -2.07. The van der Waals surface area contributed by atoms with Crippen molar-refractivity contribution in [1.29, 1.82) is 0 Å². The SMILES string of the molecule is Cc1ncsc1NC(=O)c1cccnc1C1CC1. The van der Waals surface area contributed by atoms with Gasteiger partial charge in [0.1, 0.15) is 5.00 Å². The van der Waals surface area contributed by atoms with Crippen molar-refractivity contribution >= 4 is 22.2 Å². The third-order valence-corrected chi connectivity index (χ3v) is 3.86. The Hall–Kier alpha value is -1.75. The first-order valence-corrected chi connectivity index (χ1v) is 6.80. The molecule has 2 aromatic heterocycles. The topological polar surface area (TPSA) is 54.9 Å². The van der Waals surface area contributed by atoms with E-state index in [1.807, 2.05) is 13.0 Å². The first-order chi connectivity index (χ1) is 8.75. The van der Waals surface area contributed by atoms with E-state index in [0.717, 1.165) is 29.2 Å². The van der Waals surface area contributed by atoms with Crippen molar-refractivity contribution in [2.45, 2.75) is 25.7 Å². The normalized spacial score (nSPS) is 14.5. The van der Waals surface area contributed by atoms with Crippen LogP contribution < -0.4 is 5.32 Å². The third kappa shape index (κ3) is 2.13. The molecule has 0 spiro atoms. The van der Waals surface area contributed by atoms with Gasteiger partial charge < -0.3 is 5.32 Å². The largest absolute Gasteiger partial charge is 0.312 e. The van der Waals surface area contributed by atoms with E-state index < -0.39 is 0 Å². The lowest BCUT2D eigenvalue weighted by molar-refractivity contribution is 0.102. The van der Waals surface area contributed by atoms with Gasteiger partial charge in [-0.1, -0.05) is 0 Å². The number of pyridine rings is 1. The minimum absolute atomic E-state index is 0.0858. The minimum atomic E-state index is -0.0858. The van der Waals surface area contributed by atoms with Crippen LogP contribution in [0.15, 0.2) is 23.8 Å². The summed E-state index contributed by atoms with van der Waals surface area (Å²) in [4.78, 5) is 20.7. The molecule has 0 unspecified atom stereocenters. The number of anilines is 1. The van der Waals surface area contributed by atoms with Gasteiger partial charge in [-0.05, 0) is 31.9 Å². The number of carbonyl (C=O) groups is 1. The number of nitrogens with zero attached hydrogens (tertiary/aromatic N) is 2. The number of hydrogen-bond donors (Lipinski definition) is 1. The second-order valence-electron chi connectivity index (χ2n) is 4.43. The Bertz CT molecular complexity index is 589. The molecule has 2 aromatic rings. The highest BCUT2D eigenvalue weighted by Gasteiger charge is 2.29. The molecule has 0 radical (unpaired) electrons. The van der Waals surface area contributed by atoms with Crippen LogP contribution in [0, 0.1) is 6.92 Å². The quantitative estimate of drug-likeness (QED) is 0.922. The van der Waals surface area contributed by atoms with Crippen LogP contribution >= 0.6 is 11.3 Å². The Kier molecular flexibility index (Phi) is 2.83. The molecule has 1 fully saturated rings. The molecular formula is C13H13N3OS. The molecule has 3 rings (SSSR count). The summed E-state index contributed by atoms with van der Waals surface area (Å²) in [5.41, 5.74) is 4.20. The van der Waals surface area contributed by atoms with E-state index in [0.29, 0.717) is 11.5 Å². The molecule has 1 saturated carbocycles. The molecule has 4 nitrogen and oxygen atoms in total. The Morgan fingerprint density at radius 3 is 2.94 bits per heavy atom. The van der Waals surface area contributed by atoms with Gasteiger partial charge in [0.2, 0.25) is 0 Å². The number of aromatic nitrogens is 2. The van der Waals surface area contributed by atoms with Crippen LogP contribution in [0.5, 0.6) is 0 Å². The van der Waals surface area contributed by atoms with Crippen molar-refractivity contribution in [1.82, 2.24) is 9.97 Å². The fourth-order valence-corrected chi connectivity index (χ4v) is 2.58. The molecule has 0 aromatic carbocycles. The van der Waals surface area contributed by atoms with Gasteiger partial charge in [-0.2, -0.15) is 0 Å². The molecule has 92 valence electrons. The molecule has 5 heteroatoms. The van der Waals surface area contributed by atoms with E-state index in [9.17, 15) is 4.79 Å². The Balaban J connectivity index is 1.86. The number of nitrogens with one attached hydrogen (secondary N) is 1. The van der Waals surface area contributed by atoms with Crippen LogP contribution in [0.3, 0.4) is 0 Å². The maximum atomic E-state index is 12.2. The lowest BCUT2D eigenvalue weighted by Crippen LogP contribution is -2.14. The van der Waals surface area contributed by atoms with Crippen LogP contribution in [-0.2, 0) is 0 Å². The molecule has 0 aliphatic heterocycles. The maximum absolute atomic E-state index is 12.2. The Morgan fingerprint density at radius 1 is 1.44 bits per heavy atom.